The quantitative estimate of drug-likeness (QED) is 0.361. The summed E-state index contributed by atoms with van der Waals surface area (Å²) in [6, 6.07) is 9.01. The minimum absolute atomic E-state index is 0.0737. The van der Waals surface area contributed by atoms with E-state index in [1.807, 2.05) is 30.3 Å². The van der Waals surface area contributed by atoms with Crippen molar-refractivity contribution < 1.29 is 14.3 Å². The SMILES string of the molecule is NC(N)=NCCCCNC(=O)[C@@H]1CCCN1C(=O)OCc1ccccc1. The van der Waals surface area contributed by atoms with Gasteiger partial charge in [-0.3, -0.25) is 14.7 Å². The second-order valence-electron chi connectivity index (χ2n) is 6.20. The Kier molecular flexibility index (Phi) is 7.73. The molecule has 0 radical (unpaired) electrons. The minimum atomic E-state index is -0.462. The number of nitrogens with two attached hydrogens (primary N) is 2. The van der Waals surface area contributed by atoms with E-state index in [4.69, 9.17) is 16.2 Å². The number of hydrogen-bond acceptors (Lipinski definition) is 4. The first-order valence-electron chi connectivity index (χ1n) is 8.88. The highest BCUT2D eigenvalue weighted by Gasteiger charge is 2.34. The highest BCUT2D eigenvalue weighted by atomic mass is 16.6. The summed E-state index contributed by atoms with van der Waals surface area (Å²) in [5.74, 6) is -0.0642. The minimum Gasteiger partial charge on any atom is -0.445 e. The number of aliphatic imine (C=N–C) groups is 1. The molecule has 2 amide bonds. The molecule has 1 fully saturated rings. The number of carbonyl (C=O) groups excluding carboxylic acids is 2. The van der Waals surface area contributed by atoms with E-state index < -0.39 is 12.1 Å². The fourth-order valence-corrected chi connectivity index (χ4v) is 2.83. The molecule has 0 unspecified atom stereocenters. The van der Waals surface area contributed by atoms with Crippen LogP contribution in [0.1, 0.15) is 31.2 Å². The molecule has 1 atom stereocenters. The number of unbranched alkanes of at least 4 members (excludes halogenated alkanes) is 1. The first-order chi connectivity index (χ1) is 12.6. The summed E-state index contributed by atoms with van der Waals surface area (Å²) in [5, 5.41) is 2.87. The van der Waals surface area contributed by atoms with Gasteiger partial charge in [0.25, 0.3) is 0 Å². The molecule has 1 saturated heterocycles. The van der Waals surface area contributed by atoms with Crippen molar-refractivity contribution >= 4 is 18.0 Å². The summed E-state index contributed by atoms with van der Waals surface area (Å²) in [6.45, 7) is 1.81. The van der Waals surface area contributed by atoms with E-state index in [9.17, 15) is 9.59 Å². The molecule has 8 nitrogen and oxygen atoms in total. The van der Waals surface area contributed by atoms with Gasteiger partial charge in [0.15, 0.2) is 5.96 Å². The average molecular weight is 361 g/mol. The van der Waals surface area contributed by atoms with E-state index in [0.717, 1.165) is 24.8 Å². The van der Waals surface area contributed by atoms with Crippen LogP contribution in [-0.2, 0) is 16.1 Å². The van der Waals surface area contributed by atoms with Crippen molar-refractivity contribution in [2.24, 2.45) is 16.5 Å². The third-order valence-corrected chi connectivity index (χ3v) is 4.17. The number of carbonyl (C=O) groups is 2. The van der Waals surface area contributed by atoms with Gasteiger partial charge in [-0.05, 0) is 31.2 Å². The van der Waals surface area contributed by atoms with Gasteiger partial charge in [0.05, 0.1) is 0 Å². The standard InChI is InChI=1S/C18H27N5O3/c19-17(20)22-11-5-4-10-21-16(24)15-9-6-12-23(15)18(25)26-13-14-7-2-1-3-8-14/h1-3,7-8,15H,4-6,9-13H2,(H,21,24)(H4,19,20,22)/t15-/m0/s1. The van der Waals surface area contributed by atoms with E-state index in [0.29, 0.717) is 26.1 Å². The van der Waals surface area contributed by atoms with Gasteiger partial charge in [0.2, 0.25) is 5.91 Å². The number of amides is 2. The lowest BCUT2D eigenvalue weighted by atomic mass is 10.2. The summed E-state index contributed by atoms with van der Waals surface area (Å²) in [7, 11) is 0. The van der Waals surface area contributed by atoms with E-state index in [1.165, 1.54) is 4.90 Å². The fourth-order valence-electron chi connectivity index (χ4n) is 2.83. The van der Waals surface area contributed by atoms with Crippen LogP contribution >= 0.6 is 0 Å². The van der Waals surface area contributed by atoms with Crippen molar-refractivity contribution in [3.05, 3.63) is 35.9 Å². The largest absolute Gasteiger partial charge is 0.445 e. The normalized spacial score (nSPS) is 16.2. The first-order valence-corrected chi connectivity index (χ1v) is 8.88. The number of guanidine groups is 1. The smallest absolute Gasteiger partial charge is 0.410 e. The Morgan fingerprint density at radius 2 is 2.00 bits per heavy atom. The second kappa shape index (κ2) is 10.3. The van der Waals surface area contributed by atoms with Gasteiger partial charge in [-0.2, -0.15) is 0 Å². The molecule has 5 N–H and O–H groups in total. The molecule has 1 aromatic carbocycles. The average Bonchev–Trinajstić information content (AvgIpc) is 3.13. The molecule has 2 rings (SSSR count). The maximum Gasteiger partial charge on any atom is 0.410 e. The highest BCUT2D eigenvalue weighted by molar-refractivity contribution is 5.86. The first kappa shape index (κ1) is 19.6. The van der Waals surface area contributed by atoms with E-state index in [1.54, 1.807) is 0 Å². The van der Waals surface area contributed by atoms with Gasteiger partial charge >= 0.3 is 6.09 Å². The Morgan fingerprint density at radius 3 is 2.73 bits per heavy atom. The highest BCUT2D eigenvalue weighted by Crippen LogP contribution is 2.19. The van der Waals surface area contributed by atoms with Gasteiger partial charge in [0, 0.05) is 19.6 Å². The van der Waals surface area contributed by atoms with Crippen molar-refractivity contribution in [2.45, 2.75) is 38.3 Å². The summed E-state index contributed by atoms with van der Waals surface area (Å²) in [6.07, 6.45) is 2.56. The van der Waals surface area contributed by atoms with E-state index in [2.05, 4.69) is 10.3 Å². The molecule has 0 aromatic heterocycles. The van der Waals surface area contributed by atoms with Gasteiger partial charge in [-0.25, -0.2) is 4.79 Å². The van der Waals surface area contributed by atoms with Crippen LogP contribution in [0.5, 0.6) is 0 Å². The molecule has 26 heavy (non-hydrogen) atoms. The van der Waals surface area contributed by atoms with Crippen molar-refractivity contribution in [1.82, 2.24) is 10.2 Å². The number of nitrogens with one attached hydrogen (secondary N) is 1. The van der Waals surface area contributed by atoms with Crippen LogP contribution in [0.2, 0.25) is 0 Å². The molecule has 1 aliphatic heterocycles. The van der Waals surface area contributed by atoms with E-state index in [-0.39, 0.29) is 18.5 Å². The summed E-state index contributed by atoms with van der Waals surface area (Å²) in [4.78, 5) is 30.0. The van der Waals surface area contributed by atoms with Gasteiger partial charge in [0.1, 0.15) is 12.6 Å². The van der Waals surface area contributed by atoms with Crippen LogP contribution in [0.3, 0.4) is 0 Å². The molecule has 0 saturated carbocycles. The molecule has 1 heterocycles. The van der Waals surface area contributed by atoms with Crippen LogP contribution in [0, 0.1) is 0 Å². The van der Waals surface area contributed by atoms with Crippen molar-refractivity contribution in [3.63, 3.8) is 0 Å². The van der Waals surface area contributed by atoms with Crippen LogP contribution < -0.4 is 16.8 Å². The Balaban J connectivity index is 1.72. The zero-order valence-corrected chi connectivity index (χ0v) is 14.9. The Bertz CT molecular complexity index is 617. The number of ether oxygens (including phenoxy) is 1. The third-order valence-electron chi connectivity index (χ3n) is 4.17. The number of hydrogen-bond donors (Lipinski definition) is 3. The molecule has 8 heteroatoms. The van der Waals surface area contributed by atoms with Crippen molar-refractivity contribution in [3.8, 4) is 0 Å². The van der Waals surface area contributed by atoms with Crippen molar-refractivity contribution in [1.29, 1.82) is 0 Å². The summed E-state index contributed by atoms with van der Waals surface area (Å²) >= 11 is 0. The maximum absolute atomic E-state index is 12.3. The number of benzene rings is 1. The zero-order valence-electron chi connectivity index (χ0n) is 14.9. The molecule has 0 spiro atoms. The van der Waals surface area contributed by atoms with Crippen molar-refractivity contribution in [2.75, 3.05) is 19.6 Å². The third kappa shape index (κ3) is 6.27. The molecule has 1 aliphatic rings. The van der Waals surface area contributed by atoms with Crippen LogP contribution in [0.15, 0.2) is 35.3 Å². The zero-order chi connectivity index (χ0) is 18.8. The van der Waals surface area contributed by atoms with Gasteiger partial charge < -0.3 is 21.5 Å². The number of nitrogens with zero attached hydrogens (tertiary/aromatic N) is 2. The Morgan fingerprint density at radius 1 is 1.23 bits per heavy atom. The van der Waals surface area contributed by atoms with Gasteiger partial charge in [-0.1, -0.05) is 30.3 Å². The van der Waals surface area contributed by atoms with Gasteiger partial charge in [-0.15, -0.1) is 0 Å². The van der Waals surface area contributed by atoms with E-state index >= 15 is 0 Å². The molecule has 0 bridgehead atoms. The summed E-state index contributed by atoms with van der Waals surface area (Å²) < 4.78 is 5.34. The molecular formula is C18H27N5O3. The molecule has 1 aromatic rings. The Hall–Kier alpha value is -2.77. The second-order valence-corrected chi connectivity index (χ2v) is 6.20. The number of rotatable bonds is 8. The number of likely N-dealkylation sites (tertiary alicyclic amines) is 1. The lowest BCUT2D eigenvalue weighted by Crippen LogP contribution is -2.46. The fraction of sp³-hybridized carbons (Fsp3) is 0.500. The monoisotopic (exact) mass is 361 g/mol. The van der Waals surface area contributed by atoms with Crippen LogP contribution in [-0.4, -0.2) is 48.5 Å². The topological polar surface area (TPSA) is 123 Å². The maximum atomic E-state index is 12.3. The summed E-state index contributed by atoms with van der Waals surface area (Å²) in [5.41, 5.74) is 11.4. The predicted molar refractivity (Wildman–Crippen MR) is 99.3 cm³/mol. The molecule has 0 aliphatic carbocycles. The van der Waals surface area contributed by atoms with Crippen LogP contribution in [0.25, 0.3) is 0 Å². The molecule has 142 valence electrons. The van der Waals surface area contributed by atoms with Crippen LogP contribution in [0.4, 0.5) is 4.79 Å². The predicted octanol–water partition coefficient (Wildman–Crippen LogP) is 0.957. The lowest BCUT2D eigenvalue weighted by Gasteiger charge is -2.23. The lowest BCUT2D eigenvalue weighted by molar-refractivity contribution is -0.125. The molecular weight excluding hydrogens is 334 g/mol. The Labute approximate surface area is 153 Å².